The first-order valence-corrected chi connectivity index (χ1v) is 15.3. The van der Waals surface area contributed by atoms with Crippen molar-refractivity contribution in [2.45, 2.75) is 50.1 Å². The summed E-state index contributed by atoms with van der Waals surface area (Å²) in [6.07, 6.45) is 0. The number of carbonyl (C=O) groups excluding carboxylic acids is 2. The predicted molar refractivity (Wildman–Crippen MR) is 174 cm³/mol. The first-order chi connectivity index (χ1) is 22.5. The minimum atomic E-state index is -2.43. The monoisotopic (exact) mass is 630 g/mol. The molecular weight excluding hydrogens is 596 g/mol. The van der Waals surface area contributed by atoms with E-state index in [1.807, 2.05) is 97.1 Å². The van der Waals surface area contributed by atoms with E-state index in [1.165, 1.54) is 0 Å². The Bertz CT molecular complexity index is 1830. The van der Waals surface area contributed by atoms with Gasteiger partial charge >= 0.3 is 17.9 Å². The van der Waals surface area contributed by atoms with Crippen molar-refractivity contribution < 1.29 is 29.0 Å². The Kier molecular flexibility index (Phi) is 8.09. The fourth-order valence-electron chi connectivity index (χ4n) is 7.09. The highest BCUT2D eigenvalue weighted by Crippen LogP contribution is 2.58. The number of esters is 2. The number of azide groups is 1. The quantitative estimate of drug-likeness (QED) is 0.102. The molecular formula is C37H34N4O6. The highest BCUT2D eigenvalue weighted by Gasteiger charge is 2.69. The molecule has 10 nitrogen and oxygen atoms in total. The second-order valence-corrected chi connectivity index (χ2v) is 12.8. The molecule has 1 fully saturated rings. The van der Waals surface area contributed by atoms with Gasteiger partial charge in [0.15, 0.2) is 5.54 Å². The average molecular weight is 631 g/mol. The van der Waals surface area contributed by atoms with Crippen LogP contribution in [0.1, 0.15) is 43.0 Å². The van der Waals surface area contributed by atoms with Crippen LogP contribution in [-0.4, -0.2) is 51.6 Å². The highest BCUT2D eigenvalue weighted by atomic mass is 16.6. The maximum atomic E-state index is 14.6. The summed E-state index contributed by atoms with van der Waals surface area (Å²) in [5, 5.41) is 14.7. The van der Waals surface area contributed by atoms with Crippen molar-refractivity contribution in [3.63, 3.8) is 0 Å². The van der Waals surface area contributed by atoms with Gasteiger partial charge in [-0.1, -0.05) is 114 Å². The van der Waals surface area contributed by atoms with E-state index in [4.69, 9.17) is 9.47 Å². The number of carbonyl (C=O) groups is 3. The normalized spacial score (nSPS) is 21.2. The Morgan fingerprint density at radius 2 is 1.38 bits per heavy atom. The minimum Gasteiger partial charge on any atom is -0.481 e. The van der Waals surface area contributed by atoms with Crippen molar-refractivity contribution in [3.8, 4) is 11.1 Å². The van der Waals surface area contributed by atoms with Crippen LogP contribution in [0.3, 0.4) is 0 Å². The largest absolute Gasteiger partial charge is 0.481 e. The number of aliphatic carboxylic acids is 1. The molecule has 0 saturated carbocycles. The number of likely N-dealkylation sites (tertiary alicyclic amines) is 1. The Labute approximate surface area is 272 Å². The van der Waals surface area contributed by atoms with Crippen molar-refractivity contribution in [2.75, 3.05) is 6.54 Å². The van der Waals surface area contributed by atoms with Crippen LogP contribution in [0.5, 0.6) is 0 Å². The van der Waals surface area contributed by atoms with Crippen LogP contribution < -0.4 is 0 Å². The number of ether oxygens (including phenoxy) is 2. The molecule has 0 bridgehead atoms. The van der Waals surface area contributed by atoms with E-state index in [2.05, 4.69) is 10.0 Å². The van der Waals surface area contributed by atoms with Gasteiger partial charge in [0.2, 0.25) is 0 Å². The fourth-order valence-corrected chi connectivity index (χ4v) is 7.09. The van der Waals surface area contributed by atoms with Gasteiger partial charge in [-0.15, -0.1) is 0 Å². The lowest BCUT2D eigenvalue weighted by Crippen LogP contribution is -2.55. The molecule has 0 amide bonds. The molecule has 1 N–H and O–H groups in total. The van der Waals surface area contributed by atoms with Crippen LogP contribution in [0.25, 0.3) is 21.6 Å². The van der Waals surface area contributed by atoms with Gasteiger partial charge in [-0.3, -0.25) is 19.3 Å². The summed E-state index contributed by atoms with van der Waals surface area (Å²) in [4.78, 5) is 46.8. The Balaban J connectivity index is 1.66. The third-order valence-electron chi connectivity index (χ3n) is 8.84. The van der Waals surface area contributed by atoms with Gasteiger partial charge in [-0.25, -0.2) is 0 Å². The van der Waals surface area contributed by atoms with Gasteiger partial charge in [-0.05, 0) is 59.7 Å². The standard InChI is InChI=1S/C37H34N4O6/c1-35(2,3)47-32(42)30-31(33(43)46-22-24-14-6-4-7-15-24)41(23-36(30,34(44)45)39-40-38)37(25-16-8-5-9-17-25)28-20-12-10-18-26(28)27-19-11-13-21-29(27)37/h4-21,30-31H,22-23H2,1-3H3,(H,44,45)/t30-,31+,36+/m1/s1. The van der Waals surface area contributed by atoms with E-state index in [-0.39, 0.29) is 6.61 Å². The molecule has 3 atom stereocenters. The zero-order chi connectivity index (χ0) is 33.4. The maximum absolute atomic E-state index is 14.6. The lowest BCUT2D eigenvalue weighted by molar-refractivity contribution is -0.171. The number of fused-ring (bicyclic) bond motifs is 3. The molecule has 47 heavy (non-hydrogen) atoms. The molecule has 4 aromatic rings. The zero-order valence-corrected chi connectivity index (χ0v) is 26.2. The minimum absolute atomic E-state index is 0.127. The molecule has 0 aromatic heterocycles. The van der Waals surface area contributed by atoms with Crippen LogP contribution in [0.2, 0.25) is 0 Å². The smallest absolute Gasteiger partial charge is 0.324 e. The number of carboxylic acids is 1. The van der Waals surface area contributed by atoms with Crippen molar-refractivity contribution in [1.82, 2.24) is 4.90 Å². The molecule has 10 heteroatoms. The Morgan fingerprint density at radius 3 is 1.91 bits per heavy atom. The number of hydrogen-bond acceptors (Lipinski definition) is 7. The molecule has 1 aliphatic heterocycles. The summed E-state index contributed by atoms with van der Waals surface area (Å²) in [5.41, 5.74) is 9.78. The van der Waals surface area contributed by atoms with Gasteiger partial charge < -0.3 is 14.6 Å². The third-order valence-corrected chi connectivity index (χ3v) is 8.84. The SMILES string of the molecule is CC(C)(C)OC(=O)[C@H]1[C@@H](C(=O)OCc2ccccc2)N(C2(c3ccccc3)c3ccccc3-c3ccccc32)C[C@@]1(N=[N+]=[N-])C(=O)O. The number of hydrogen-bond donors (Lipinski definition) is 1. The fraction of sp³-hybridized carbons (Fsp3) is 0.270. The van der Waals surface area contributed by atoms with E-state index < -0.39 is 53.1 Å². The summed E-state index contributed by atoms with van der Waals surface area (Å²) in [6.45, 7) is 4.30. The topological polar surface area (TPSA) is 142 Å². The second-order valence-electron chi connectivity index (χ2n) is 12.8. The molecule has 4 aromatic carbocycles. The third kappa shape index (κ3) is 5.21. The van der Waals surface area contributed by atoms with Crippen molar-refractivity contribution in [3.05, 3.63) is 142 Å². The Morgan fingerprint density at radius 1 is 0.851 bits per heavy atom. The lowest BCUT2D eigenvalue weighted by Gasteiger charge is -2.44. The van der Waals surface area contributed by atoms with Crippen molar-refractivity contribution in [2.24, 2.45) is 11.0 Å². The molecule has 0 unspecified atom stereocenters. The molecule has 1 heterocycles. The van der Waals surface area contributed by atoms with Gasteiger partial charge in [-0.2, -0.15) is 0 Å². The summed E-state index contributed by atoms with van der Waals surface area (Å²) in [7, 11) is 0. The van der Waals surface area contributed by atoms with Gasteiger partial charge in [0, 0.05) is 11.5 Å². The Hall–Kier alpha value is -5.44. The molecule has 1 saturated heterocycles. The van der Waals surface area contributed by atoms with Crippen LogP contribution in [0, 0.1) is 5.92 Å². The molecule has 1 aliphatic carbocycles. The summed E-state index contributed by atoms with van der Waals surface area (Å²) in [6, 6.07) is 32.3. The van der Waals surface area contributed by atoms with Crippen LogP contribution >= 0.6 is 0 Å². The summed E-state index contributed by atoms with van der Waals surface area (Å²) >= 11 is 0. The van der Waals surface area contributed by atoms with E-state index in [1.54, 1.807) is 37.8 Å². The number of rotatable bonds is 8. The second kappa shape index (κ2) is 12.1. The first kappa shape index (κ1) is 31.5. The predicted octanol–water partition coefficient (Wildman–Crippen LogP) is 6.48. The number of carboxylic acid groups (broad SMARTS) is 1. The van der Waals surface area contributed by atoms with Crippen LogP contribution in [-0.2, 0) is 36.0 Å². The van der Waals surface area contributed by atoms with E-state index in [0.717, 1.165) is 27.8 Å². The zero-order valence-electron chi connectivity index (χ0n) is 26.2. The van der Waals surface area contributed by atoms with Crippen molar-refractivity contribution >= 4 is 17.9 Å². The number of benzene rings is 4. The van der Waals surface area contributed by atoms with Crippen LogP contribution in [0.15, 0.2) is 114 Å². The molecule has 2 aliphatic rings. The molecule has 6 rings (SSSR count). The summed E-state index contributed by atoms with van der Waals surface area (Å²) in [5.74, 6) is -5.16. The lowest BCUT2D eigenvalue weighted by atomic mass is 9.78. The van der Waals surface area contributed by atoms with Crippen LogP contribution in [0.4, 0.5) is 0 Å². The average Bonchev–Trinajstić information content (AvgIpc) is 3.56. The molecule has 238 valence electrons. The van der Waals surface area contributed by atoms with Gasteiger partial charge in [0.05, 0.1) is 5.54 Å². The maximum Gasteiger partial charge on any atom is 0.324 e. The van der Waals surface area contributed by atoms with Gasteiger partial charge in [0.25, 0.3) is 0 Å². The van der Waals surface area contributed by atoms with E-state index >= 15 is 0 Å². The molecule has 0 spiro atoms. The van der Waals surface area contributed by atoms with E-state index in [9.17, 15) is 25.0 Å². The van der Waals surface area contributed by atoms with Gasteiger partial charge in [0.1, 0.15) is 24.2 Å². The first-order valence-electron chi connectivity index (χ1n) is 15.3. The summed E-state index contributed by atoms with van der Waals surface area (Å²) < 4.78 is 11.7. The molecule has 0 radical (unpaired) electrons. The van der Waals surface area contributed by atoms with E-state index in [0.29, 0.717) is 5.56 Å². The van der Waals surface area contributed by atoms with Crippen molar-refractivity contribution in [1.29, 1.82) is 0 Å². The highest BCUT2D eigenvalue weighted by molar-refractivity contribution is 5.96. The number of nitrogens with zero attached hydrogens (tertiary/aromatic N) is 4.